The molecule has 16 heavy (non-hydrogen) atoms. The third-order valence-corrected chi connectivity index (χ3v) is 4.43. The zero-order valence-corrected chi connectivity index (χ0v) is 11.6. The second-order valence-corrected chi connectivity index (χ2v) is 6.06. The molecule has 0 radical (unpaired) electrons. The fourth-order valence-corrected chi connectivity index (χ4v) is 2.84. The molecule has 82 valence electrons. The molecule has 0 bridgehead atoms. The minimum Gasteiger partial charge on any atom is -0.296 e. The van der Waals surface area contributed by atoms with Gasteiger partial charge in [-0.25, -0.2) is 4.98 Å². The van der Waals surface area contributed by atoms with Crippen molar-refractivity contribution in [1.29, 1.82) is 0 Å². The molecule has 0 atom stereocenters. The van der Waals surface area contributed by atoms with E-state index in [0.717, 1.165) is 10.6 Å². The van der Waals surface area contributed by atoms with Gasteiger partial charge in [-0.3, -0.25) is 4.79 Å². The average molecular weight is 337 g/mol. The Kier molecular flexibility index (Phi) is 3.64. The number of thiazole rings is 1. The van der Waals surface area contributed by atoms with Crippen LogP contribution in [-0.4, -0.2) is 11.3 Å². The molecule has 0 saturated heterocycles. The van der Waals surface area contributed by atoms with Crippen molar-refractivity contribution < 1.29 is 4.79 Å². The molecule has 2 aromatic rings. The number of nitrogens with zero attached hydrogens (tertiary/aromatic N) is 1. The fourth-order valence-electron chi connectivity index (χ4n) is 1.14. The zero-order valence-electron chi connectivity index (χ0n) is 7.71. The molecular formula is C10H4BrCl2NOS. The Morgan fingerprint density at radius 3 is 2.62 bits per heavy atom. The number of carbonyl (C=O) groups excluding carboxylic acids is 1. The highest BCUT2D eigenvalue weighted by molar-refractivity contribution is 9.11. The summed E-state index contributed by atoms with van der Waals surface area (Å²) >= 11 is 16.4. The van der Waals surface area contributed by atoms with Gasteiger partial charge in [-0.1, -0.05) is 29.3 Å². The molecule has 0 aliphatic rings. The van der Waals surface area contributed by atoms with Crippen LogP contribution in [0.15, 0.2) is 22.0 Å². The van der Waals surface area contributed by atoms with Crippen LogP contribution >= 0.6 is 50.5 Å². The molecule has 1 heterocycles. The molecule has 0 fully saturated rings. The van der Waals surface area contributed by atoms with Gasteiger partial charge in [-0.2, -0.15) is 0 Å². The zero-order chi connectivity index (χ0) is 11.7. The van der Waals surface area contributed by atoms with E-state index in [1.807, 2.05) is 6.07 Å². The molecule has 0 saturated carbocycles. The summed E-state index contributed by atoms with van der Waals surface area (Å²) in [7, 11) is 0. The number of hydrogen-bond donors (Lipinski definition) is 0. The van der Waals surface area contributed by atoms with Gasteiger partial charge in [0.05, 0.1) is 10.0 Å². The molecule has 0 N–H and O–H groups in total. The van der Waals surface area contributed by atoms with Crippen LogP contribution in [-0.2, 0) is 0 Å². The van der Waals surface area contributed by atoms with Crippen molar-refractivity contribution in [3.63, 3.8) is 0 Å². The molecule has 0 spiro atoms. The first-order valence-corrected chi connectivity index (χ1v) is 6.55. The lowest BCUT2D eigenvalue weighted by Crippen LogP contribution is -1.81. The van der Waals surface area contributed by atoms with Gasteiger partial charge in [0.25, 0.3) is 0 Å². The predicted octanol–water partition coefficient (Wildman–Crippen LogP) is 4.69. The Morgan fingerprint density at radius 1 is 1.31 bits per heavy atom. The fraction of sp³-hybridized carbons (Fsp3) is 0. The van der Waals surface area contributed by atoms with E-state index in [4.69, 9.17) is 23.2 Å². The van der Waals surface area contributed by atoms with Crippen molar-refractivity contribution in [2.24, 2.45) is 0 Å². The van der Waals surface area contributed by atoms with Crippen LogP contribution < -0.4 is 0 Å². The lowest BCUT2D eigenvalue weighted by molar-refractivity contribution is 0.111. The lowest BCUT2D eigenvalue weighted by Gasteiger charge is -1.98. The van der Waals surface area contributed by atoms with Crippen LogP contribution in [0, 0.1) is 0 Å². The molecule has 6 heteroatoms. The van der Waals surface area contributed by atoms with E-state index in [1.54, 1.807) is 12.1 Å². The first kappa shape index (κ1) is 12.0. The van der Waals surface area contributed by atoms with Crippen molar-refractivity contribution in [2.75, 3.05) is 0 Å². The minimum atomic E-state index is 0.395. The minimum absolute atomic E-state index is 0.395. The highest BCUT2D eigenvalue weighted by atomic mass is 79.9. The summed E-state index contributed by atoms with van der Waals surface area (Å²) in [5, 5.41) is 1.70. The molecule has 0 aliphatic carbocycles. The number of hydrogen-bond acceptors (Lipinski definition) is 3. The summed E-state index contributed by atoms with van der Waals surface area (Å²) in [4.78, 5) is 14.8. The van der Waals surface area contributed by atoms with Crippen LogP contribution in [0.4, 0.5) is 0 Å². The molecule has 2 nitrogen and oxygen atoms in total. The molecule has 1 aromatic carbocycles. The third-order valence-electron chi connectivity index (χ3n) is 1.89. The number of rotatable bonds is 2. The summed E-state index contributed by atoms with van der Waals surface area (Å²) in [5.74, 6) is 0. The Bertz CT molecular complexity index is 556. The Labute approximate surface area is 114 Å². The monoisotopic (exact) mass is 335 g/mol. The van der Waals surface area contributed by atoms with E-state index in [0.29, 0.717) is 25.8 Å². The number of aldehydes is 1. The van der Waals surface area contributed by atoms with Gasteiger partial charge < -0.3 is 0 Å². The third kappa shape index (κ3) is 2.30. The number of carbonyl (C=O) groups is 1. The van der Waals surface area contributed by atoms with Crippen LogP contribution in [0.3, 0.4) is 0 Å². The van der Waals surface area contributed by atoms with Gasteiger partial charge in [0.1, 0.15) is 14.5 Å². The van der Waals surface area contributed by atoms with E-state index in [9.17, 15) is 4.79 Å². The smallest absolute Gasteiger partial charge is 0.170 e. The standard InChI is InChI=1S/C10H4BrCl2NOS/c11-9-8(4-15)14-10(16-9)5-1-2-6(12)7(13)3-5/h1-4H. The van der Waals surface area contributed by atoms with E-state index >= 15 is 0 Å². The molecule has 0 amide bonds. The Balaban J connectivity index is 2.50. The molecule has 1 aromatic heterocycles. The van der Waals surface area contributed by atoms with E-state index in [1.165, 1.54) is 11.3 Å². The molecule has 0 unspecified atom stereocenters. The van der Waals surface area contributed by atoms with Crippen LogP contribution in [0.2, 0.25) is 10.0 Å². The van der Waals surface area contributed by atoms with Crippen molar-refractivity contribution in [1.82, 2.24) is 4.98 Å². The van der Waals surface area contributed by atoms with E-state index in [2.05, 4.69) is 20.9 Å². The Morgan fingerprint density at radius 2 is 2.06 bits per heavy atom. The average Bonchev–Trinajstić information content (AvgIpc) is 2.64. The lowest BCUT2D eigenvalue weighted by atomic mass is 10.2. The first-order valence-electron chi connectivity index (χ1n) is 4.18. The van der Waals surface area contributed by atoms with Crippen LogP contribution in [0.5, 0.6) is 0 Å². The second kappa shape index (κ2) is 4.84. The topological polar surface area (TPSA) is 30.0 Å². The first-order chi connectivity index (χ1) is 7.61. The second-order valence-electron chi connectivity index (χ2n) is 2.92. The maximum atomic E-state index is 10.7. The predicted molar refractivity (Wildman–Crippen MR) is 70.7 cm³/mol. The maximum Gasteiger partial charge on any atom is 0.170 e. The van der Waals surface area contributed by atoms with Gasteiger partial charge in [-0.15, -0.1) is 11.3 Å². The van der Waals surface area contributed by atoms with Gasteiger partial charge in [0, 0.05) is 5.56 Å². The largest absolute Gasteiger partial charge is 0.296 e. The molecule has 2 rings (SSSR count). The SMILES string of the molecule is O=Cc1nc(-c2ccc(Cl)c(Cl)c2)sc1Br. The maximum absolute atomic E-state index is 10.7. The summed E-state index contributed by atoms with van der Waals surface area (Å²) < 4.78 is 0.712. The number of benzene rings is 1. The number of aromatic nitrogens is 1. The summed E-state index contributed by atoms with van der Waals surface area (Å²) in [6.45, 7) is 0. The Hall–Kier alpha value is -0.420. The van der Waals surface area contributed by atoms with Crippen molar-refractivity contribution in [2.45, 2.75) is 0 Å². The van der Waals surface area contributed by atoms with Crippen LogP contribution in [0.25, 0.3) is 10.6 Å². The van der Waals surface area contributed by atoms with Gasteiger partial charge in [0.2, 0.25) is 0 Å². The van der Waals surface area contributed by atoms with E-state index < -0.39 is 0 Å². The normalized spacial score (nSPS) is 10.4. The van der Waals surface area contributed by atoms with E-state index in [-0.39, 0.29) is 0 Å². The number of halogens is 3. The summed E-state index contributed by atoms with van der Waals surface area (Å²) in [5.41, 5.74) is 1.24. The van der Waals surface area contributed by atoms with Crippen molar-refractivity contribution in [3.05, 3.63) is 37.7 Å². The van der Waals surface area contributed by atoms with Crippen LogP contribution in [0.1, 0.15) is 10.5 Å². The highest BCUT2D eigenvalue weighted by Crippen LogP contribution is 2.34. The summed E-state index contributed by atoms with van der Waals surface area (Å²) in [6, 6.07) is 5.24. The molecule has 0 aliphatic heterocycles. The summed E-state index contributed by atoms with van der Waals surface area (Å²) in [6.07, 6.45) is 0.710. The van der Waals surface area contributed by atoms with Gasteiger partial charge >= 0.3 is 0 Å². The van der Waals surface area contributed by atoms with Crippen molar-refractivity contribution >= 4 is 56.8 Å². The van der Waals surface area contributed by atoms with Crippen molar-refractivity contribution in [3.8, 4) is 10.6 Å². The van der Waals surface area contributed by atoms with Gasteiger partial charge in [-0.05, 0) is 28.1 Å². The quantitative estimate of drug-likeness (QED) is 0.744. The molecular weight excluding hydrogens is 333 g/mol. The van der Waals surface area contributed by atoms with Gasteiger partial charge in [0.15, 0.2) is 6.29 Å². The highest BCUT2D eigenvalue weighted by Gasteiger charge is 2.10.